The molecule has 0 aliphatic carbocycles. The van der Waals surface area contributed by atoms with E-state index < -0.39 is 0 Å². The number of carbonyl (C=O) groups excluding carboxylic acids is 2. The molecule has 2 aliphatic heterocycles. The molecule has 0 spiro atoms. The van der Waals surface area contributed by atoms with Crippen molar-refractivity contribution in [2.75, 3.05) is 25.5 Å². The van der Waals surface area contributed by atoms with Gasteiger partial charge in [0.2, 0.25) is 5.91 Å². The number of aromatic nitrogens is 2. The second-order valence-electron chi connectivity index (χ2n) is 6.90. The molecule has 7 heteroatoms. The van der Waals surface area contributed by atoms with Crippen molar-refractivity contribution in [1.82, 2.24) is 20.0 Å². The molecule has 1 N–H and O–H groups in total. The number of carbonyl (C=O) groups is 2. The van der Waals surface area contributed by atoms with Crippen LogP contribution in [0.2, 0.25) is 0 Å². The van der Waals surface area contributed by atoms with Crippen LogP contribution in [0, 0.1) is 0 Å². The normalized spacial score (nSPS) is 16.5. The first-order valence-electron chi connectivity index (χ1n) is 9.18. The quantitative estimate of drug-likeness (QED) is 0.888. The fourth-order valence-electron chi connectivity index (χ4n) is 3.61. The van der Waals surface area contributed by atoms with Gasteiger partial charge >= 0.3 is 0 Å². The first-order chi connectivity index (χ1) is 13.5. The van der Waals surface area contributed by atoms with Gasteiger partial charge in [0, 0.05) is 42.3 Å². The highest BCUT2D eigenvalue weighted by molar-refractivity contribution is 6.01. The lowest BCUT2D eigenvalue weighted by molar-refractivity contribution is -0.125. The number of hydrogen-bond donors (Lipinski definition) is 1. The van der Waals surface area contributed by atoms with Crippen LogP contribution < -0.4 is 5.32 Å². The molecule has 2 aromatic rings. The van der Waals surface area contributed by atoms with Gasteiger partial charge < -0.3 is 15.1 Å². The summed E-state index contributed by atoms with van der Waals surface area (Å²) in [6.45, 7) is 4.82. The SMILES string of the molecule is C=C1C2=C(C(=O)N1C)N(CC(=O)Nc1ccc(-c3cccnn3)cc1)CCC2. The fraction of sp³-hybridized carbons (Fsp3) is 0.238. The maximum Gasteiger partial charge on any atom is 0.274 e. The summed E-state index contributed by atoms with van der Waals surface area (Å²) in [7, 11) is 1.72. The Morgan fingerprint density at radius 1 is 1.25 bits per heavy atom. The third-order valence-corrected chi connectivity index (χ3v) is 5.09. The number of benzene rings is 1. The molecule has 0 saturated carbocycles. The van der Waals surface area contributed by atoms with E-state index >= 15 is 0 Å². The molecular weight excluding hydrogens is 354 g/mol. The van der Waals surface area contributed by atoms with Crippen LogP contribution in [0.25, 0.3) is 11.3 Å². The average molecular weight is 375 g/mol. The van der Waals surface area contributed by atoms with Gasteiger partial charge in [0.25, 0.3) is 5.91 Å². The van der Waals surface area contributed by atoms with Gasteiger partial charge in [-0.2, -0.15) is 10.2 Å². The van der Waals surface area contributed by atoms with Crippen molar-refractivity contribution >= 4 is 17.5 Å². The molecule has 3 heterocycles. The maximum atomic E-state index is 12.5. The molecule has 0 saturated heterocycles. The molecule has 1 aromatic heterocycles. The van der Waals surface area contributed by atoms with Crippen molar-refractivity contribution < 1.29 is 9.59 Å². The van der Waals surface area contributed by atoms with Gasteiger partial charge in [-0.3, -0.25) is 9.59 Å². The molecule has 7 nitrogen and oxygen atoms in total. The Balaban J connectivity index is 1.43. The highest BCUT2D eigenvalue weighted by atomic mass is 16.2. The lowest BCUT2D eigenvalue weighted by Gasteiger charge is -2.28. The Morgan fingerprint density at radius 3 is 2.75 bits per heavy atom. The third kappa shape index (κ3) is 3.26. The Kier molecular flexibility index (Phi) is 4.65. The van der Waals surface area contributed by atoms with Crippen molar-refractivity contribution in [2.24, 2.45) is 0 Å². The van der Waals surface area contributed by atoms with E-state index in [1.54, 1.807) is 18.1 Å². The summed E-state index contributed by atoms with van der Waals surface area (Å²) in [4.78, 5) is 28.5. The predicted octanol–water partition coefficient (Wildman–Crippen LogP) is 2.42. The Labute approximate surface area is 163 Å². The van der Waals surface area contributed by atoms with E-state index in [-0.39, 0.29) is 18.4 Å². The number of likely N-dealkylation sites (N-methyl/N-ethyl adjacent to an activating group) is 1. The fourth-order valence-corrected chi connectivity index (χ4v) is 3.61. The summed E-state index contributed by atoms with van der Waals surface area (Å²) in [6, 6.07) is 11.2. The van der Waals surface area contributed by atoms with Crippen molar-refractivity contribution in [2.45, 2.75) is 12.8 Å². The van der Waals surface area contributed by atoms with Crippen LogP contribution in [0.4, 0.5) is 5.69 Å². The van der Waals surface area contributed by atoms with Crippen LogP contribution in [0.1, 0.15) is 12.8 Å². The number of nitrogens with zero attached hydrogens (tertiary/aromatic N) is 4. The number of hydrogen-bond acceptors (Lipinski definition) is 5. The molecule has 0 fully saturated rings. The van der Waals surface area contributed by atoms with Crippen molar-refractivity contribution in [3.8, 4) is 11.3 Å². The smallest absolute Gasteiger partial charge is 0.274 e. The molecular formula is C21H21N5O2. The van der Waals surface area contributed by atoms with E-state index in [4.69, 9.17) is 0 Å². The summed E-state index contributed by atoms with van der Waals surface area (Å²) in [6.07, 6.45) is 3.35. The summed E-state index contributed by atoms with van der Waals surface area (Å²) < 4.78 is 0. The summed E-state index contributed by atoms with van der Waals surface area (Å²) in [5.41, 5.74) is 4.71. The standard InChI is InChI=1S/C21H21N5O2/c1-14-17-5-4-12-26(20(17)21(28)25(14)2)13-19(27)23-16-9-7-15(8-10-16)18-6-3-11-22-24-18/h3,6-11H,1,4-5,12-13H2,2H3,(H,23,27). The summed E-state index contributed by atoms with van der Waals surface area (Å²) >= 11 is 0. The minimum absolute atomic E-state index is 0.0826. The number of anilines is 1. The highest BCUT2D eigenvalue weighted by Crippen LogP contribution is 2.35. The van der Waals surface area contributed by atoms with Gasteiger partial charge in [0.1, 0.15) is 5.70 Å². The first kappa shape index (κ1) is 17.9. The Hall–Kier alpha value is -3.48. The lowest BCUT2D eigenvalue weighted by Crippen LogP contribution is -2.38. The molecule has 0 radical (unpaired) electrons. The third-order valence-electron chi connectivity index (χ3n) is 5.09. The van der Waals surface area contributed by atoms with Gasteiger partial charge in [0.05, 0.1) is 12.2 Å². The minimum Gasteiger partial charge on any atom is -0.357 e. The zero-order valence-electron chi connectivity index (χ0n) is 15.7. The highest BCUT2D eigenvalue weighted by Gasteiger charge is 2.37. The summed E-state index contributed by atoms with van der Waals surface area (Å²) in [5, 5.41) is 10.8. The monoisotopic (exact) mass is 375 g/mol. The lowest BCUT2D eigenvalue weighted by atomic mass is 10.0. The number of allylic oxidation sites excluding steroid dienone is 1. The van der Waals surface area contributed by atoms with E-state index in [2.05, 4.69) is 22.1 Å². The largest absolute Gasteiger partial charge is 0.357 e. The van der Waals surface area contributed by atoms with Crippen LogP contribution in [-0.4, -0.2) is 51.9 Å². The van der Waals surface area contributed by atoms with Crippen molar-refractivity contribution in [1.29, 1.82) is 0 Å². The number of amides is 2. The predicted molar refractivity (Wildman–Crippen MR) is 106 cm³/mol. The molecule has 0 bridgehead atoms. The van der Waals surface area contributed by atoms with Crippen molar-refractivity contribution in [3.63, 3.8) is 0 Å². The first-order valence-corrected chi connectivity index (χ1v) is 9.18. The van der Waals surface area contributed by atoms with Gasteiger partial charge in [-0.15, -0.1) is 0 Å². The van der Waals surface area contributed by atoms with Gasteiger partial charge in [-0.05, 0) is 37.1 Å². The zero-order valence-corrected chi connectivity index (χ0v) is 15.7. The topological polar surface area (TPSA) is 78.4 Å². The number of nitrogens with one attached hydrogen (secondary N) is 1. The molecule has 2 amide bonds. The van der Waals surface area contributed by atoms with Crippen molar-refractivity contribution in [3.05, 3.63) is 66.1 Å². The van der Waals surface area contributed by atoms with Crippen LogP contribution >= 0.6 is 0 Å². The molecule has 4 rings (SSSR count). The zero-order chi connectivity index (χ0) is 19.7. The molecule has 1 aromatic carbocycles. The number of rotatable bonds is 4. The Morgan fingerprint density at radius 2 is 2.04 bits per heavy atom. The second kappa shape index (κ2) is 7.26. The molecule has 0 unspecified atom stereocenters. The maximum absolute atomic E-state index is 12.5. The van der Waals surface area contributed by atoms with Crippen LogP contribution in [0.15, 0.2) is 66.1 Å². The second-order valence-corrected chi connectivity index (χ2v) is 6.90. The van der Waals surface area contributed by atoms with Crippen LogP contribution in [0.3, 0.4) is 0 Å². The molecule has 2 aliphatic rings. The van der Waals surface area contributed by atoms with Gasteiger partial charge in [-0.25, -0.2) is 0 Å². The van der Waals surface area contributed by atoms with E-state index in [1.807, 2.05) is 41.3 Å². The Bertz CT molecular complexity index is 966. The van der Waals surface area contributed by atoms with E-state index in [1.165, 1.54) is 0 Å². The minimum atomic E-state index is -0.158. The van der Waals surface area contributed by atoms with Crippen LogP contribution in [0.5, 0.6) is 0 Å². The van der Waals surface area contributed by atoms with Gasteiger partial charge in [-0.1, -0.05) is 18.7 Å². The van der Waals surface area contributed by atoms with Gasteiger partial charge in [0.15, 0.2) is 0 Å². The molecule has 142 valence electrons. The van der Waals surface area contributed by atoms with E-state index in [0.717, 1.165) is 35.4 Å². The molecule has 0 atom stereocenters. The molecule has 28 heavy (non-hydrogen) atoms. The average Bonchev–Trinajstić information content (AvgIpc) is 2.94. The van der Waals surface area contributed by atoms with E-state index in [0.29, 0.717) is 17.9 Å². The van der Waals surface area contributed by atoms with E-state index in [9.17, 15) is 9.59 Å². The summed E-state index contributed by atoms with van der Waals surface area (Å²) in [5.74, 6) is -0.241. The van der Waals surface area contributed by atoms with Crippen LogP contribution in [-0.2, 0) is 9.59 Å².